The Labute approximate surface area is 194 Å². The van der Waals surface area contributed by atoms with Crippen LogP contribution in [0.5, 0.6) is 0 Å². The van der Waals surface area contributed by atoms with Crippen LogP contribution in [0.15, 0.2) is 35.2 Å². The minimum absolute atomic E-state index is 0.128. The van der Waals surface area contributed by atoms with Crippen molar-refractivity contribution in [2.75, 3.05) is 44.2 Å². The van der Waals surface area contributed by atoms with E-state index in [1.54, 1.807) is 0 Å². The molecule has 2 aromatic heterocycles. The van der Waals surface area contributed by atoms with Gasteiger partial charge in [0, 0.05) is 31.2 Å². The number of carbonyl (C=O) groups excluding carboxylic acids is 1. The fourth-order valence-electron chi connectivity index (χ4n) is 4.10. The van der Waals surface area contributed by atoms with Crippen LogP contribution in [0.3, 0.4) is 0 Å². The smallest absolute Gasteiger partial charge is 0.244 e. The van der Waals surface area contributed by atoms with Crippen molar-refractivity contribution in [1.29, 1.82) is 0 Å². The molecule has 8 nitrogen and oxygen atoms in total. The molecule has 10 heteroatoms. The zero-order valence-corrected chi connectivity index (χ0v) is 19.9. The zero-order chi connectivity index (χ0) is 22.0. The second kappa shape index (κ2) is 9.50. The highest BCUT2D eigenvalue weighted by Crippen LogP contribution is 2.30. The molecule has 0 spiro atoms. The molecule has 1 saturated heterocycles. The van der Waals surface area contributed by atoms with E-state index in [2.05, 4.69) is 59.7 Å². The Morgan fingerprint density at radius 2 is 1.84 bits per heavy atom. The number of fused-ring (bicyclic) bond motifs is 1. The number of aromatic amines is 1. The van der Waals surface area contributed by atoms with E-state index in [4.69, 9.17) is 11.6 Å². The Morgan fingerprint density at radius 1 is 1.16 bits per heavy atom. The number of nitrogens with zero attached hydrogens (tertiary/aromatic N) is 6. The molecule has 1 atom stereocenters. The lowest BCUT2D eigenvalue weighted by molar-refractivity contribution is -0.137. The third-order valence-corrected chi connectivity index (χ3v) is 6.60. The van der Waals surface area contributed by atoms with Crippen LogP contribution in [0.2, 0.25) is 5.02 Å². The molecule has 1 unspecified atom stereocenters. The molecule has 3 aromatic rings. The molecule has 4 rings (SSSR count). The molecule has 1 fully saturated rings. The van der Waals surface area contributed by atoms with E-state index in [9.17, 15) is 4.79 Å². The average Bonchev–Trinajstić information content (AvgIpc) is 3.19. The van der Waals surface area contributed by atoms with Crippen LogP contribution < -0.4 is 4.90 Å². The number of hydrogen-bond donors (Lipinski definition) is 1. The lowest BCUT2D eigenvalue weighted by atomic mass is 10.0. The number of H-pyrrole nitrogens is 1. The van der Waals surface area contributed by atoms with Gasteiger partial charge in [0.25, 0.3) is 0 Å². The molecule has 1 aromatic carbocycles. The standard InChI is InChI=1S/C21H25BrClN7O/c1-3-28(4-2)17(14-5-7-15(23)8-6-14)21(31)30-11-9-29(10-12-30)20-16-18(22)26-27-19(16)24-13-25-20/h5-8,13,17H,3-4,9-12H2,1-2H3,(H,24,25,26,27). The highest BCUT2D eigenvalue weighted by molar-refractivity contribution is 9.10. The van der Waals surface area contributed by atoms with Crippen molar-refractivity contribution in [3.8, 4) is 0 Å². The number of hydrogen-bond acceptors (Lipinski definition) is 6. The fourth-order valence-corrected chi connectivity index (χ4v) is 4.67. The number of rotatable bonds is 6. The number of anilines is 1. The first-order valence-corrected chi connectivity index (χ1v) is 11.6. The van der Waals surface area contributed by atoms with E-state index in [0.717, 1.165) is 34.5 Å². The average molecular weight is 507 g/mol. The molecule has 0 aliphatic carbocycles. The monoisotopic (exact) mass is 505 g/mol. The minimum Gasteiger partial charge on any atom is -0.352 e. The highest BCUT2D eigenvalue weighted by Gasteiger charge is 2.32. The zero-order valence-electron chi connectivity index (χ0n) is 17.6. The van der Waals surface area contributed by atoms with Gasteiger partial charge in [0.05, 0.1) is 5.39 Å². The van der Waals surface area contributed by atoms with Crippen molar-refractivity contribution in [2.45, 2.75) is 19.9 Å². The molecule has 0 bridgehead atoms. The summed E-state index contributed by atoms with van der Waals surface area (Å²) in [6, 6.07) is 7.29. The van der Waals surface area contributed by atoms with Crippen molar-refractivity contribution in [3.05, 3.63) is 45.8 Å². The van der Waals surface area contributed by atoms with Gasteiger partial charge in [-0.1, -0.05) is 37.6 Å². The van der Waals surface area contributed by atoms with Crippen molar-refractivity contribution in [3.63, 3.8) is 0 Å². The molecule has 1 N–H and O–H groups in total. The van der Waals surface area contributed by atoms with Gasteiger partial charge in [0.2, 0.25) is 5.91 Å². The van der Waals surface area contributed by atoms with Gasteiger partial charge in [0.1, 0.15) is 22.8 Å². The van der Waals surface area contributed by atoms with E-state index in [1.165, 1.54) is 6.33 Å². The van der Waals surface area contributed by atoms with Gasteiger partial charge in [-0.2, -0.15) is 5.10 Å². The summed E-state index contributed by atoms with van der Waals surface area (Å²) in [5.41, 5.74) is 1.60. The van der Waals surface area contributed by atoms with E-state index >= 15 is 0 Å². The van der Waals surface area contributed by atoms with Crippen molar-refractivity contribution in [1.82, 2.24) is 30.0 Å². The first kappa shape index (κ1) is 22.0. The predicted molar refractivity (Wildman–Crippen MR) is 125 cm³/mol. The molecule has 31 heavy (non-hydrogen) atoms. The summed E-state index contributed by atoms with van der Waals surface area (Å²) in [4.78, 5) is 28.6. The third kappa shape index (κ3) is 4.40. The second-order valence-electron chi connectivity index (χ2n) is 7.42. The molecular formula is C21H25BrClN7O. The number of piperazine rings is 1. The van der Waals surface area contributed by atoms with Crippen molar-refractivity contribution >= 4 is 50.3 Å². The molecule has 1 aliphatic heterocycles. The van der Waals surface area contributed by atoms with Crippen LogP contribution in [0.1, 0.15) is 25.5 Å². The Morgan fingerprint density at radius 3 is 2.48 bits per heavy atom. The maximum Gasteiger partial charge on any atom is 0.244 e. The Kier molecular flexibility index (Phi) is 6.74. The second-order valence-corrected chi connectivity index (χ2v) is 8.65. The molecule has 0 radical (unpaired) electrons. The molecule has 164 valence electrons. The normalized spacial score (nSPS) is 15.6. The van der Waals surface area contributed by atoms with Crippen LogP contribution in [0.25, 0.3) is 11.0 Å². The Balaban J connectivity index is 1.53. The van der Waals surface area contributed by atoms with E-state index in [-0.39, 0.29) is 11.9 Å². The number of amides is 1. The van der Waals surface area contributed by atoms with Gasteiger partial charge in [-0.05, 0) is 46.7 Å². The summed E-state index contributed by atoms with van der Waals surface area (Å²) < 4.78 is 0.765. The van der Waals surface area contributed by atoms with E-state index in [0.29, 0.717) is 36.8 Å². The summed E-state index contributed by atoms with van der Waals surface area (Å²) in [6.07, 6.45) is 1.53. The largest absolute Gasteiger partial charge is 0.352 e. The molecule has 1 amide bonds. The topological polar surface area (TPSA) is 81.2 Å². The number of halogens is 2. The minimum atomic E-state index is -0.312. The van der Waals surface area contributed by atoms with Crippen LogP contribution in [-0.4, -0.2) is 75.1 Å². The van der Waals surface area contributed by atoms with Crippen LogP contribution in [0.4, 0.5) is 5.82 Å². The summed E-state index contributed by atoms with van der Waals surface area (Å²) in [5, 5.41) is 8.63. The summed E-state index contributed by atoms with van der Waals surface area (Å²) in [7, 11) is 0. The lowest BCUT2D eigenvalue weighted by Crippen LogP contribution is -2.52. The SMILES string of the molecule is CCN(CC)C(C(=O)N1CCN(c2ncnc3n[nH]c(Br)c23)CC1)c1ccc(Cl)cc1. The van der Waals surface area contributed by atoms with Gasteiger partial charge in [0.15, 0.2) is 5.65 Å². The van der Waals surface area contributed by atoms with Gasteiger partial charge >= 0.3 is 0 Å². The van der Waals surface area contributed by atoms with Crippen LogP contribution in [0, 0.1) is 0 Å². The van der Waals surface area contributed by atoms with Crippen LogP contribution >= 0.6 is 27.5 Å². The number of aromatic nitrogens is 4. The van der Waals surface area contributed by atoms with Gasteiger partial charge < -0.3 is 9.80 Å². The number of nitrogens with one attached hydrogen (secondary N) is 1. The van der Waals surface area contributed by atoms with Gasteiger partial charge in [-0.15, -0.1) is 0 Å². The fraction of sp³-hybridized carbons (Fsp3) is 0.429. The summed E-state index contributed by atoms with van der Waals surface area (Å²) >= 11 is 9.57. The number of likely N-dealkylation sites (N-methyl/N-ethyl adjacent to an activating group) is 1. The predicted octanol–water partition coefficient (Wildman–Crippen LogP) is 3.50. The third-order valence-electron chi connectivity index (χ3n) is 5.77. The van der Waals surface area contributed by atoms with Gasteiger partial charge in [-0.25, -0.2) is 9.97 Å². The maximum atomic E-state index is 13.6. The highest BCUT2D eigenvalue weighted by atomic mass is 79.9. The molecular weight excluding hydrogens is 482 g/mol. The first-order valence-electron chi connectivity index (χ1n) is 10.4. The van der Waals surface area contributed by atoms with E-state index < -0.39 is 0 Å². The van der Waals surface area contributed by atoms with Gasteiger partial charge in [-0.3, -0.25) is 14.8 Å². The molecule has 3 heterocycles. The molecule has 0 saturated carbocycles. The number of benzene rings is 1. The van der Waals surface area contributed by atoms with Crippen molar-refractivity contribution in [2.24, 2.45) is 0 Å². The first-order chi connectivity index (χ1) is 15.0. The molecule has 1 aliphatic rings. The summed E-state index contributed by atoms with van der Waals surface area (Å²) in [5.74, 6) is 0.957. The van der Waals surface area contributed by atoms with Crippen LogP contribution in [-0.2, 0) is 4.79 Å². The Hall–Kier alpha value is -2.23. The van der Waals surface area contributed by atoms with E-state index in [1.807, 2.05) is 29.2 Å². The maximum absolute atomic E-state index is 13.6. The number of carbonyl (C=O) groups is 1. The lowest BCUT2D eigenvalue weighted by Gasteiger charge is -2.39. The Bertz CT molecular complexity index is 1050. The summed E-state index contributed by atoms with van der Waals surface area (Å²) in [6.45, 7) is 8.41. The quantitative estimate of drug-likeness (QED) is 0.551. The van der Waals surface area contributed by atoms with Crippen molar-refractivity contribution < 1.29 is 4.79 Å².